The number of ether oxygens (including phenoxy) is 1. The number of rotatable bonds is 3. The first-order chi connectivity index (χ1) is 13.7. The third-order valence-electron chi connectivity index (χ3n) is 5.48. The Bertz CT molecular complexity index is 1080. The summed E-state index contributed by atoms with van der Waals surface area (Å²) in [6.07, 6.45) is 0.819. The van der Waals surface area contributed by atoms with E-state index in [1.165, 1.54) is 38.4 Å². The first-order valence-electron chi connectivity index (χ1n) is 9.35. The standard InChI is InChI=1S/C21H22N2O5S/c1-22(2)29(26,27)16-9-7-15(8-10-16)20(25)23-12-11-21(14-23)13-18(24)17-5-3-4-6-19(17)28-21/h3-10H,11-14H2,1-2H3. The van der Waals surface area contributed by atoms with Gasteiger partial charge in [0, 0.05) is 32.6 Å². The predicted octanol–water partition coefficient (Wildman–Crippen LogP) is 2.19. The molecule has 152 valence electrons. The minimum absolute atomic E-state index is 0.0272. The topological polar surface area (TPSA) is 84.0 Å². The molecule has 1 amide bonds. The van der Waals surface area contributed by atoms with Crippen LogP contribution in [0, 0.1) is 0 Å². The van der Waals surface area contributed by atoms with Gasteiger partial charge < -0.3 is 9.64 Å². The summed E-state index contributed by atoms with van der Waals surface area (Å²) in [5, 5.41) is 0. The number of hydrogen-bond acceptors (Lipinski definition) is 5. The molecule has 0 saturated carbocycles. The summed E-state index contributed by atoms with van der Waals surface area (Å²) >= 11 is 0. The summed E-state index contributed by atoms with van der Waals surface area (Å²) in [4.78, 5) is 27.3. The predicted molar refractivity (Wildman–Crippen MR) is 107 cm³/mol. The van der Waals surface area contributed by atoms with Gasteiger partial charge in [0.25, 0.3) is 5.91 Å². The van der Waals surface area contributed by atoms with Crippen molar-refractivity contribution in [1.29, 1.82) is 0 Å². The molecule has 29 heavy (non-hydrogen) atoms. The van der Waals surface area contributed by atoms with Gasteiger partial charge in [-0.2, -0.15) is 0 Å². The number of amides is 1. The van der Waals surface area contributed by atoms with E-state index in [1.807, 2.05) is 12.1 Å². The lowest BCUT2D eigenvalue weighted by Crippen LogP contribution is -2.45. The van der Waals surface area contributed by atoms with E-state index in [9.17, 15) is 18.0 Å². The number of benzene rings is 2. The third-order valence-corrected chi connectivity index (χ3v) is 7.31. The zero-order valence-electron chi connectivity index (χ0n) is 16.3. The quantitative estimate of drug-likeness (QED) is 0.769. The van der Waals surface area contributed by atoms with Gasteiger partial charge in [-0.25, -0.2) is 12.7 Å². The van der Waals surface area contributed by atoms with Crippen molar-refractivity contribution >= 4 is 21.7 Å². The number of fused-ring (bicyclic) bond motifs is 1. The molecular weight excluding hydrogens is 392 g/mol. The van der Waals surface area contributed by atoms with Crippen molar-refractivity contribution in [3.05, 3.63) is 59.7 Å². The highest BCUT2D eigenvalue weighted by Crippen LogP contribution is 2.38. The molecule has 0 aromatic heterocycles. The second kappa shape index (κ2) is 6.96. The molecule has 1 saturated heterocycles. The van der Waals surface area contributed by atoms with Crippen LogP contribution >= 0.6 is 0 Å². The van der Waals surface area contributed by atoms with E-state index in [2.05, 4.69) is 0 Å². The van der Waals surface area contributed by atoms with Gasteiger partial charge in [-0.3, -0.25) is 9.59 Å². The number of para-hydroxylation sites is 1. The fraction of sp³-hybridized carbons (Fsp3) is 0.333. The highest BCUT2D eigenvalue weighted by atomic mass is 32.2. The Hall–Kier alpha value is -2.71. The van der Waals surface area contributed by atoms with Gasteiger partial charge >= 0.3 is 0 Å². The highest BCUT2D eigenvalue weighted by Gasteiger charge is 2.47. The Morgan fingerprint density at radius 1 is 1.10 bits per heavy atom. The van der Waals surface area contributed by atoms with Crippen LogP contribution in [0.1, 0.15) is 33.6 Å². The molecular formula is C21H22N2O5S. The minimum atomic E-state index is -3.54. The first kappa shape index (κ1) is 19.6. The molecule has 2 aromatic carbocycles. The fourth-order valence-electron chi connectivity index (χ4n) is 3.85. The molecule has 4 rings (SSSR count). The Balaban J connectivity index is 1.51. The highest BCUT2D eigenvalue weighted by molar-refractivity contribution is 7.89. The van der Waals surface area contributed by atoms with E-state index in [4.69, 9.17) is 4.74 Å². The lowest BCUT2D eigenvalue weighted by Gasteiger charge is -2.34. The molecule has 2 aliphatic heterocycles. The molecule has 2 heterocycles. The van der Waals surface area contributed by atoms with Crippen LogP contribution in [-0.4, -0.2) is 62.1 Å². The maximum atomic E-state index is 12.9. The van der Waals surface area contributed by atoms with Crippen LogP contribution in [0.25, 0.3) is 0 Å². The molecule has 0 radical (unpaired) electrons. The van der Waals surface area contributed by atoms with Crippen LogP contribution < -0.4 is 4.74 Å². The molecule has 1 spiro atoms. The summed E-state index contributed by atoms with van der Waals surface area (Å²) in [6, 6.07) is 13.1. The van der Waals surface area contributed by atoms with Crippen molar-refractivity contribution < 1.29 is 22.7 Å². The van der Waals surface area contributed by atoms with Crippen molar-refractivity contribution in [1.82, 2.24) is 9.21 Å². The number of Topliss-reactive ketones (excluding diaryl/α,β-unsaturated/α-hetero) is 1. The smallest absolute Gasteiger partial charge is 0.253 e. The van der Waals surface area contributed by atoms with Crippen LogP contribution in [0.3, 0.4) is 0 Å². The Morgan fingerprint density at radius 3 is 2.48 bits per heavy atom. The molecule has 7 nitrogen and oxygen atoms in total. The van der Waals surface area contributed by atoms with Gasteiger partial charge in [0.2, 0.25) is 10.0 Å². The second-order valence-corrected chi connectivity index (χ2v) is 9.82. The molecule has 2 aromatic rings. The molecule has 1 fully saturated rings. The van der Waals surface area contributed by atoms with E-state index in [-0.39, 0.29) is 23.0 Å². The second-order valence-electron chi connectivity index (χ2n) is 7.67. The lowest BCUT2D eigenvalue weighted by atomic mass is 9.89. The van der Waals surface area contributed by atoms with Gasteiger partial charge in [-0.15, -0.1) is 0 Å². The van der Waals surface area contributed by atoms with E-state index in [1.54, 1.807) is 17.0 Å². The minimum Gasteiger partial charge on any atom is -0.484 e. The van der Waals surface area contributed by atoms with Crippen LogP contribution in [0.4, 0.5) is 0 Å². The van der Waals surface area contributed by atoms with Gasteiger partial charge in [0.1, 0.15) is 11.4 Å². The number of carbonyl (C=O) groups excluding carboxylic acids is 2. The van der Waals surface area contributed by atoms with E-state index < -0.39 is 15.6 Å². The molecule has 0 N–H and O–H groups in total. The fourth-order valence-corrected chi connectivity index (χ4v) is 4.75. The number of nitrogens with zero attached hydrogens (tertiary/aromatic N) is 2. The average molecular weight is 414 g/mol. The molecule has 1 atom stereocenters. The van der Waals surface area contributed by atoms with Crippen LogP contribution in [0.5, 0.6) is 5.75 Å². The zero-order valence-corrected chi connectivity index (χ0v) is 17.1. The van der Waals surface area contributed by atoms with E-state index in [0.29, 0.717) is 36.4 Å². The van der Waals surface area contributed by atoms with Gasteiger partial charge in [0.05, 0.1) is 23.4 Å². The first-order valence-corrected chi connectivity index (χ1v) is 10.8. The van der Waals surface area contributed by atoms with Gasteiger partial charge in [-0.1, -0.05) is 12.1 Å². The summed E-state index contributed by atoms with van der Waals surface area (Å²) < 4.78 is 31.7. The van der Waals surface area contributed by atoms with Crippen LogP contribution in [-0.2, 0) is 10.0 Å². The van der Waals surface area contributed by atoms with Crippen LogP contribution in [0.15, 0.2) is 53.4 Å². The van der Waals surface area contributed by atoms with Crippen molar-refractivity contribution in [2.24, 2.45) is 0 Å². The molecule has 0 bridgehead atoms. The normalized spacial score (nSPS) is 21.3. The zero-order chi connectivity index (χ0) is 20.8. The van der Waals surface area contributed by atoms with Gasteiger partial charge in [-0.05, 0) is 36.4 Å². The Labute approximate surface area is 169 Å². The number of carbonyl (C=O) groups is 2. The van der Waals surface area contributed by atoms with Crippen molar-refractivity contribution in [3.63, 3.8) is 0 Å². The Kier molecular flexibility index (Phi) is 4.71. The maximum Gasteiger partial charge on any atom is 0.253 e. The summed E-state index contributed by atoms with van der Waals surface area (Å²) in [5.74, 6) is 0.390. The summed E-state index contributed by atoms with van der Waals surface area (Å²) in [5.41, 5.74) is 0.290. The molecule has 0 aliphatic carbocycles. The summed E-state index contributed by atoms with van der Waals surface area (Å²) in [6.45, 7) is 0.801. The number of ketones is 1. The lowest BCUT2D eigenvalue weighted by molar-refractivity contribution is 0.0428. The third kappa shape index (κ3) is 3.42. The number of hydrogen-bond donors (Lipinski definition) is 0. The maximum absolute atomic E-state index is 12.9. The van der Waals surface area contributed by atoms with Crippen molar-refractivity contribution in [3.8, 4) is 5.75 Å². The monoisotopic (exact) mass is 414 g/mol. The van der Waals surface area contributed by atoms with Crippen LogP contribution in [0.2, 0.25) is 0 Å². The summed E-state index contributed by atoms with van der Waals surface area (Å²) in [7, 11) is -0.624. The van der Waals surface area contributed by atoms with Crippen molar-refractivity contribution in [2.75, 3.05) is 27.2 Å². The van der Waals surface area contributed by atoms with E-state index in [0.717, 1.165) is 4.31 Å². The number of sulfonamides is 1. The van der Waals surface area contributed by atoms with Crippen molar-refractivity contribution in [2.45, 2.75) is 23.3 Å². The number of likely N-dealkylation sites (tertiary alicyclic amines) is 1. The average Bonchev–Trinajstić information content (AvgIpc) is 3.10. The van der Waals surface area contributed by atoms with Gasteiger partial charge in [0.15, 0.2) is 5.78 Å². The molecule has 8 heteroatoms. The largest absolute Gasteiger partial charge is 0.484 e. The SMILES string of the molecule is CN(C)S(=O)(=O)c1ccc(C(=O)N2CCC3(CC(=O)c4ccccc4O3)C2)cc1. The molecule has 2 aliphatic rings. The Morgan fingerprint density at radius 2 is 1.79 bits per heavy atom. The molecule has 1 unspecified atom stereocenters. The van der Waals surface area contributed by atoms with E-state index >= 15 is 0 Å².